The van der Waals surface area contributed by atoms with Crippen LogP contribution in [0.2, 0.25) is 0 Å². The van der Waals surface area contributed by atoms with Gasteiger partial charge in [-0.2, -0.15) is 0 Å². The largest absolute Gasteiger partial charge is 0.455 e. The number of amides is 1. The Hall–Kier alpha value is -2.14. The molecule has 0 unspecified atom stereocenters. The average molecular weight is 390 g/mol. The van der Waals surface area contributed by atoms with Crippen LogP contribution in [0.15, 0.2) is 59.1 Å². The molecular formula is C19H20BrNO3. The molecule has 5 heteroatoms. The van der Waals surface area contributed by atoms with E-state index in [1.165, 1.54) is 5.56 Å². The summed E-state index contributed by atoms with van der Waals surface area (Å²) >= 11 is 3.34. The zero-order valence-electron chi connectivity index (χ0n) is 13.3. The number of rotatable bonds is 8. The number of carbonyl (C=O) groups excluding carboxylic acids is 2. The summed E-state index contributed by atoms with van der Waals surface area (Å²) in [5, 5.41) is 2.76. The van der Waals surface area contributed by atoms with E-state index in [0.29, 0.717) is 6.54 Å². The molecule has 2 aromatic rings. The van der Waals surface area contributed by atoms with Crippen LogP contribution in [-0.2, 0) is 27.2 Å². The van der Waals surface area contributed by atoms with Gasteiger partial charge in [-0.3, -0.25) is 9.59 Å². The van der Waals surface area contributed by atoms with Crippen molar-refractivity contribution in [2.24, 2.45) is 0 Å². The SMILES string of the molecule is O=C(COC(=O)Cc1ccc(Br)cc1)NCCCc1ccccc1. The first-order valence-corrected chi connectivity index (χ1v) is 8.63. The van der Waals surface area contributed by atoms with Gasteiger partial charge in [0.2, 0.25) is 0 Å². The zero-order valence-corrected chi connectivity index (χ0v) is 14.9. The Morgan fingerprint density at radius 3 is 2.38 bits per heavy atom. The molecule has 1 N–H and O–H groups in total. The van der Waals surface area contributed by atoms with Crippen molar-refractivity contribution in [3.05, 3.63) is 70.2 Å². The van der Waals surface area contributed by atoms with E-state index in [1.807, 2.05) is 42.5 Å². The highest BCUT2D eigenvalue weighted by atomic mass is 79.9. The number of carbonyl (C=O) groups is 2. The molecular weight excluding hydrogens is 370 g/mol. The molecule has 0 aromatic heterocycles. The topological polar surface area (TPSA) is 55.4 Å². The number of hydrogen-bond acceptors (Lipinski definition) is 3. The quantitative estimate of drug-likeness (QED) is 0.556. The van der Waals surface area contributed by atoms with Gasteiger partial charge in [0.05, 0.1) is 6.42 Å². The van der Waals surface area contributed by atoms with Gasteiger partial charge in [-0.25, -0.2) is 0 Å². The minimum atomic E-state index is -0.406. The van der Waals surface area contributed by atoms with E-state index in [-0.39, 0.29) is 18.9 Å². The van der Waals surface area contributed by atoms with Crippen molar-refractivity contribution in [2.45, 2.75) is 19.3 Å². The summed E-state index contributed by atoms with van der Waals surface area (Å²) in [5.74, 6) is -0.677. The van der Waals surface area contributed by atoms with Crippen molar-refractivity contribution in [3.63, 3.8) is 0 Å². The molecule has 0 spiro atoms. The molecule has 0 bridgehead atoms. The molecule has 0 atom stereocenters. The van der Waals surface area contributed by atoms with Gasteiger partial charge in [0.1, 0.15) is 0 Å². The second kappa shape index (κ2) is 9.88. The zero-order chi connectivity index (χ0) is 17.2. The number of esters is 1. The van der Waals surface area contributed by atoms with Gasteiger partial charge < -0.3 is 10.1 Å². The lowest BCUT2D eigenvalue weighted by Crippen LogP contribution is -2.30. The molecule has 4 nitrogen and oxygen atoms in total. The molecule has 0 radical (unpaired) electrons. The molecule has 2 aromatic carbocycles. The molecule has 0 aliphatic rings. The Bertz CT molecular complexity index is 656. The Morgan fingerprint density at radius 2 is 1.67 bits per heavy atom. The van der Waals surface area contributed by atoms with E-state index in [9.17, 15) is 9.59 Å². The molecule has 24 heavy (non-hydrogen) atoms. The molecule has 0 aliphatic heterocycles. The summed E-state index contributed by atoms with van der Waals surface area (Å²) in [6.07, 6.45) is 1.92. The molecule has 1 amide bonds. The number of benzene rings is 2. The van der Waals surface area contributed by atoms with Gasteiger partial charge >= 0.3 is 5.97 Å². The number of aryl methyl sites for hydroxylation is 1. The summed E-state index contributed by atoms with van der Waals surface area (Å²) in [7, 11) is 0. The Labute approximate surface area is 150 Å². The van der Waals surface area contributed by atoms with Gasteiger partial charge in [0.15, 0.2) is 6.61 Å². The third-order valence-electron chi connectivity index (χ3n) is 3.43. The van der Waals surface area contributed by atoms with Gasteiger partial charge in [-0.05, 0) is 36.1 Å². The van der Waals surface area contributed by atoms with Gasteiger partial charge in [0.25, 0.3) is 5.91 Å². The van der Waals surface area contributed by atoms with Crippen molar-refractivity contribution < 1.29 is 14.3 Å². The van der Waals surface area contributed by atoms with Crippen LogP contribution >= 0.6 is 15.9 Å². The van der Waals surface area contributed by atoms with Crippen LogP contribution in [0.4, 0.5) is 0 Å². The second-order valence-corrected chi connectivity index (χ2v) is 6.32. The lowest BCUT2D eigenvalue weighted by Gasteiger charge is -2.07. The van der Waals surface area contributed by atoms with Crippen molar-refractivity contribution in [1.82, 2.24) is 5.32 Å². The highest BCUT2D eigenvalue weighted by Gasteiger charge is 2.08. The molecule has 0 fully saturated rings. The van der Waals surface area contributed by atoms with Crippen LogP contribution in [-0.4, -0.2) is 25.0 Å². The standard InChI is InChI=1S/C19H20BrNO3/c20-17-10-8-16(9-11-17)13-19(23)24-14-18(22)21-12-4-7-15-5-2-1-3-6-15/h1-3,5-6,8-11H,4,7,12-14H2,(H,21,22). The van der Waals surface area contributed by atoms with Crippen LogP contribution in [0.1, 0.15) is 17.5 Å². The van der Waals surface area contributed by atoms with Gasteiger partial charge in [-0.1, -0.05) is 58.4 Å². The predicted molar refractivity (Wildman–Crippen MR) is 96.6 cm³/mol. The van der Waals surface area contributed by atoms with E-state index >= 15 is 0 Å². The van der Waals surface area contributed by atoms with E-state index in [2.05, 4.69) is 33.4 Å². The first-order valence-electron chi connectivity index (χ1n) is 7.84. The molecule has 0 heterocycles. The molecule has 0 saturated heterocycles. The van der Waals surface area contributed by atoms with Crippen LogP contribution < -0.4 is 5.32 Å². The van der Waals surface area contributed by atoms with E-state index in [4.69, 9.17) is 4.74 Å². The maximum Gasteiger partial charge on any atom is 0.310 e. The average Bonchev–Trinajstić information content (AvgIpc) is 2.60. The van der Waals surface area contributed by atoms with E-state index in [0.717, 1.165) is 22.9 Å². The Kier molecular flexibility index (Phi) is 7.49. The van der Waals surface area contributed by atoms with Crippen molar-refractivity contribution in [2.75, 3.05) is 13.2 Å². The Morgan fingerprint density at radius 1 is 0.958 bits per heavy atom. The van der Waals surface area contributed by atoms with Crippen LogP contribution in [0.3, 0.4) is 0 Å². The van der Waals surface area contributed by atoms with Crippen LogP contribution in [0.5, 0.6) is 0 Å². The molecule has 2 rings (SSSR count). The predicted octanol–water partition coefficient (Wildman–Crippen LogP) is 3.28. The van der Waals surface area contributed by atoms with E-state index in [1.54, 1.807) is 0 Å². The smallest absolute Gasteiger partial charge is 0.310 e. The molecule has 126 valence electrons. The first-order chi connectivity index (χ1) is 11.6. The molecule has 0 saturated carbocycles. The first kappa shape index (κ1) is 18.2. The summed E-state index contributed by atoms with van der Waals surface area (Å²) in [4.78, 5) is 23.4. The monoisotopic (exact) mass is 389 g/mol. The fourth-order valence-corrected chi connectivity index (χ4v) is 2.45. The normalized spacial score (nSPS) is 10.2. The van der Waals surface area contributed by atoms with E-state index < -0.39 is 5.97 Å². The Balaban J connectivity index is 1.58. The highest BCUT2D eigenvalue weighted by Crippen LogP contribution is 2.11. The number of nitrogens with one attached hydrogen (secondary N) is 1. The summed E-state index contributed by atoms with van der Waals surface area (Å²) in [5.41, 5.74) is 2.10. The maximum absolute atomic E-state index is 11.7. The number of hydrogen-bond donors (Lipinski definition) is 1. The third-order valence-corrected chi connectivity index (χ3v) is 3.96. The molecule has 0 aliphatic carbocycles. The van der Waals surface area contributed by atoms with Crippen LogP contribution in [0.25, 0.3) is 0 Å². The minimum absolute atomic E-state index is 0.161. The number of halogens is 1. The fourth-order valence-electron chi connectivity index (χ4n) is 2.18. The fraction of sp³-hybridized carbons (Fsp3) is 0.263. The minimum Gasteiger partial charge on any atom is -0.455 e. The summed E-state index contributed by atoms with van der Waals surface area (Å²) < 4.78 is 5.94. The second-order valence-electron chi connectivity index (χ2n) is 5.40. The number of ether oxygens (including phenoxy) is 1. The lowest BCUT2D eigenvalue weighted by molar-refractivity contribution is -0.147. The highest BCUT2D eigenvalue weighted by molar-refractivity contribution is 9.10. The van der Waals surface area contributed by atoms with Gasteiger partial charge in [-0.15, -0.1) is 0 Å². The summed E-state index contributed by atoms with van der Waals surface area (Å²) in [6.45, 7) is 0.332. The van der Waals surface area contributed by atoms with Crippen molar-refractivity contribution in [3.8, 4) is 0 Å². The van der Waals surface area contributed by atoms with Crippen LogP contribution in [0, 0.1) is 0 Å². The van der Waals surface area contributed by atoms with Gasteiger partial charge in [0, 0.05) is 11.0 Å². The maximum atomic E-state index is 11.7. The van der Waals surface area contributed by atoms with Crippen molar-refractivity contribution >= 4 is 27.8 Å². The lowest BCUT2D eigenvalue weighted by atomic mass is 10.1. The summed E-state index contributed by atoms with van der Waals surface area (Å²) in [6, 6.07) is 17.5. The third kappa shape index (κ3) is 6.96. The van der Waals surface area contributed by atoms with Crippen molar-refractivity contribution in [1.29, 1.82) is 0 Å².